The van der Waals surface area contributed by atoms with Gasteiger partial charge in [0.15, 0.2) is 0 Å². The maximum absolute atomic E-state index is 4.07. The zero-order chi connectivity index (χ0) is 39.9. The van der Waals surface area contributed by atoms with Gasteiger partial charge in [0.2, 0.25) is 0 Å². The van der Waals surface area contributed by atoms with E-state index in [1.54, 1.807) is 0 Å². The second kappa shape index (κ2) is 13.5. The predicted octanol–water partition coefficient (Wildman–Crippen LogP) is 15.6. The lowest BCUT2D eigenvalue weighted by Gasteiger charge is -2.17. The molecule has 2 aliphatic rings. The van der Waals surface area contributed by atoms with E-state index in [9.17, 15) is 0 Å². The molecule has 0 aliphatic heterocycles. The lowest BCUT2D eigenvalue weighted by Crippen LogP contribution is -2.00. The zero-order valence-corrected chi connectivity index (χ0v) is 33.4. The van der Waals surface area contributed by atoms with Crippen molar-refractivity contribution in [1.29, 1.82) is 0 Å². The van der Waals surface area contributed by atoms with Crippen LogP contribution in [0.1, 0.15) is 52.1 Å². The standard InChI is InChI=1S/C59H41N/c1-3-4-22-43-37(2)56(40-18-6-5-7-19-40)50-32-34-55-59(58(43)50)52-36-42(30-33-54(52)60(55)53-28-15-21-39-17-9-11-24-45(39)53)41-29-31-49-51(35-41)46-25-12-13-26-48(46)57(49)47-27-14-20-38-16-8-10-23-44(38)47/h3-36,56-57H,1H2,2H3/b22-4-. The van der Waals surface area contributed by atoms with Crippen LogP contribution >= 0.6 is 0 Å². The van der Waals surface area contributed by atoms with Crippen LogP contribution in [0, 0.1) is 0 Å². The molecule has 2 unspecified atom stereocenters. The highest BCUT2D eigenvalue weighted by molar-refractivity contribution is 6.18. The topological polar surface area (TPSA) is 4.93 Å². The quantitative estimate of drug-likeness (QED) is 0.149. The Kier molecular flexibility index (Phi) is 7.80. The molecule has 1 heteroatoms. The molecule has 0 bridgehead atoms. The third-order valence-corrected chi connectivity index (χ3v) is 13.3. The maximum Gasteiger partial charge on any atom is 0.0547 e. The van der Waals surface area contributed by atoms with E-state index in [-0.39, 0.29) is 11.8 Å². The number of allylic oxidation sites excluding steroid dienone is 5. The zero-order valence-electron chi connectivity index (χ0n) is 33.4. The summed E-state index contributed by atoms with van der Waals surface area (Å²) in [5, 5.41) is 7.62. The summed E-state index contributed by atoms with van der Waals surface area (Å²) in [6.07, 6.45) is 6.26. The number of hydrogen-bond donors (Lipinski definition) is 0. The first-order valence-electron chi connectivity index (χ1n) is 21.0. The molecule has 1 heterocycles. The molecule has 60 heavy (non-hydrogen) atoms. The summed E-state index contributed by atoms with van der Waals surface area (Å²) in [7, 11) is 0. The summed E-state index contributed by atoms with van der Waals surface area (Å²) in [5.41, 5.74) is 19.4. The van der Waals surface area contributed by atoms with Crippen LogP contribution in [0.15, 0.2) is 218 Å². The number of benzene rings is 9. The van der Waals surface area contributed by atoms with E-state index in [0.717, 1.165) is 0 Å². The number of fused-ring (bicyclic) bond motifs is 10. The van der Waals surface area contributed by atoms with Crippen LogP contribution in [0.25, 0.3) is 76.9 Å². The molecule has 0 spiro atoms. The average Bonchev–Trinajstić information content (AvgIpc) is 3.92. The van der Waals surface area contributed by atoms with E-state index in [2.05, 4.69) is 218 Å². The van der Waals surface area contributed by atoms with E-state index in [4.69, 9.17) is 0 Å². The van der Waals surface area contributed by atoms with Gasteiger partial charge in [0.25, 0.3) is 0 Å². The first kappa shape index (κ1) is 34.6. The molecule has 2 atom stereocenters. The summed E-state index contributed by atoms with van der Waals surface area (Å²) < 4.78 is 2.50. The van der Waals surface area contributed by atoms with Crippen molar-refractivity contribution in [3.05, 3.63) is 252 Å². The molecule has 0 saturated heterocycles. The van der Waals surface area contributed by atoms with Gasteiger partial charge >= 0.3 is 0 Å². The Hall–Kier alpha value is -7.48. The molecule has 282 valence electrons. The maximum atomic E-state index is 4.07. The van der Waals surface area contributed by atoms with Gasteiger partial charge in [-0.05, 0) is 115 Å². The Morgan fingerprint density at radius 2 is 1.12 bits per heavy atom. The van der Waals surface area contributed by atoms with Crippen molar-refractivity contribution >= 4 is 48.9 Å². The van der Waals surface area contributed by atoms with Crippen LogP contribution in [-0.4, -0.2) is 4.57 Å². The first-order valence-corrected chi connectivity index (χ1v) is 21.0. The SMILES string of the molecule is C=C/C=C\C1=C(C)C(c2ccccc2)c2ccc3c(c21)c1cc(-c2ccc4c(c2)-c2ccccc2C4c2cccc4ccccc24)ccc1n3-c1cccc2ccccc12. The van der Waals surface area contributed by atoms with Crippen LogP contribution in [0.4, 0.5) is 0 Å². The van der Waals surface area contributed by atoms with Crippen molar-refractivity contribution in [3.8, 4) is 27.9 Å². The van der Waals surface area contributed by atoms with E-state index < -0.39 is 0 Å². The number of hydrogen-bond acceptors (Lipinski definition) is 0. The molecular weight excluding hydrogens is 723 g/mol. The Morgan fingerprint density at radius 1 is 0.483 bits per heavy atom. The van der Waals surface area contributed by atoms with Crippen LogP contribution in [0.5, 0.6) is 0 Å². The van der Waals surface area contributed by atoms with Crippen molar-refractivity contribution in [3.63, 3.8) is 0 Å². The van der Waals surface area contributed by atoms with E-state index >= 15 is 0 Å². The lowest BCUT2D eigenvalue weighted by molar-refractivity contribution is 0.977. The Labute approximate surface area is 350 Å². The first-order chi connectivity index (χ1) is 29.7. The molecule has 0 radical (unpaired) electrons. The highest BCUT2D eigenvalue weighted by Gasteiger charge is 2.33. The summed E-state index contributed by atoms with van der Waals surface area (Å²) in [6, 6.07) is 70.1. The molecule has 9 aromatic carbocycles. The minimum atomic E-state index is 0.167. The second-order valence-electron chi connectivity index (χ2n) is 16.4. The van der Waals surface area contributed by atoms with Crippen molar-refractivity contribution in [2.75, 3.05) is 0 Å². The van der Waals surface area contributed by atoms with Crippen LogP contribution < -0.4 is 0 Å². The molecule has 0 N–H and O–H groups in total. The van der Waals surface area contributed by atoms with Crippen LogP contribution in [0.3, 0.4) is 0 Å². The van der Waals surface area contributed by atoms with E-state index in [1.165, 1.54) is 116 Å². The summed E-state index contributed by atoms with van der Waals surface area (Å²) >= 11 is 0. The van der Waals surface area contributed by atoms with Crippen molar-refractivity contribution in [2.45, 2.75) is 18.8 Å². The molecule has 0 fully saturated rings. The Bertz CT molecular complexity index is 3450. The van der Waals surface area contributed by atoms with Gasteiger partial charge in [-0.3, -0.25) is 0 Å². The fourth-order valence-electron chi connectivity index (χ4n) is 10.8. The highest BCUT2D eigenvalue weighted by atomic mass is 15.0. The molecule has 0 amide bonds. The van der Waals surface area contributed by atoms with E-state index in [1.807, 2.05) is 6.08 Å². The molecule has 1 nitrogen and oxygen atoms in total. The van der Waals surface area contributed by atoms with Crippen LogP contribution in [0.2, 0.25) is 0 Å². The smallest absolute Gasteiger partial charge is 0.0547 e. The molecular formula is C59H41N. The predicted molar refractivity (Wildman–Crippen MR) is 254 cm³/mol. The lowest BCUT2D eigenvalue weighted by atomic mass is 9.86. The van der Waals surface area contributed by atoms with Gasteiger partial charge in [-0.1, -0.05) is 188 Å². The highest BCUT2D eigenvalue weighted by Crippen LogP contribution is 2.53. The number of nitrogens with zero attached hydrogens (tertiary/aromatic N) is 1. The van der Waals surface area contributed by atoms with Gasteiger partial charge in [-0.25, -0.2) is 0 Å². The minimum Gasteiger partial charge on any atom is -0.309 e. The van der Waals surface area contributed by atoms with Crippen LogP contribution in [-0.2, 0) is 0 Å². The van der Waals surface area contributed by atoms with Crippen molar-refractivity contribution < 1.29 is 0 Å². The molecule has 1 aromatic heterocycles. The monoisotopic (exact) mass is 763 g/mol. The summed E-state index contributed by atoms with van der Waals surface area (Å²) in [5.74, 6) is 0.343. The van der Waals surface area contributed by atoms with Gasteiger partial charge < -0.3 is 4.57 Å². The third kappa shape index (κ3) is 5.06. The Morgan fingerprint density at radius 3 is 1.97 bits per heavy atom. The van der Waals surface area contributed by atoms with E-state index in [0.29, 0.717) is 0 Å². The Balaban J connectivity index is 1.11. The van der Waals surface area contributed by atoms with Gasteiger partial charge in [0.1, 0.15) is 0 Å². The average molecular weight is 764 g/mol. The fourth-order valence-corrected chi connectivity index (χ4v) is 10.8. The van der Waals surface area contributed by atoms with Gasteiger partial charge in [0.05, 0.1) is 16.7 Å². The molecule has 10 aromatic rings. The largest absolute Gasteiger partial charge is 0.309 e. The van der Waals surface area contributed by atoms with Gasteiger partial charge in [-0.2, -0.15) is 0 Å². The van der Waals surface area contributed by atoms with Gasteiger partial charge in [-0.15, -0.1) is 0 Å². The molecule has 0 saturated carbocycles. The normalized spacial score (nSPS) is 15.7. The summed E-state index contributed by atoms with van der Waals surface area (Å²) in [4.78, 5) is 0. The fraction of sp³-hybridized carbons (Fsp3) is 0.0508. The second-order valence-corrected chi connectivity index (χ2v) is 16.4. The third-order valence-electron chi connectivity index (χ3n) is 13.3. The van der Waals surface area contributed by atoms with Crippen molar-refractivity contribution in [2.24, 2.45) is 0 Å². The number of aromatic nitrogens is 1. The molecule has 12 rings (SSSR count). The van der Waals surface area contributed by atoms with Gasteiger partial charge in [0, 0.05) is 28.0 Å². The van der Waals surface area contributed by atoms with Crippen molar-refractivity contribution in [1.82, 2.24) is 4.57 Å². The minimum absolute atomic E-state index is 0.167. The summed E-state index contributed by atoms with van der Waals surface area (Å²) in [6.45, 7) is 6.39. The molecule has 2 aliphatic carbocycles. The number of rotatable bonds is 6.